The lowest BCUT2D eigenvalue weighted by Gasteiger charge is -2.33. The van der Waals surface area contributed by atoms with Crippen molar-refractivity contribution in [1.29, 1.82) is 0 Å². The maximum atomic E-state index is 13.1. The quantitative estimate of drug-likeness (QED) is 0.0376. The third-order valence-corrected chi connectivity index (χ3v) is 21.2. The molecule has 658 valence electrons. The van der Waals surface area contributed by atoms with Crippen molar-refractivity contribution in [2.75, 3.05) is 60.0 Å². The Kier molecular flexibility index (Phi) is 30.4. The Hall–Kier alpha value is -16.4. The lowest BCUT2D eigenvalue weighted by molar-refractivity contribution is -0.148. The highest BCUT2D eigenvalue weighted by molar-refractivity contribution is 6.35. The van der Waals surface area contributed by atoms with Gasteiger partial charge in [0.2, 0.25) is 70.9 Å². The molecule has 0 radical (unpaired) electrons. The number of nitrogens with one attached hydrogen (secondary N) is 2. The summed E-state index contributed by atoms with van der Waals surface area (Å²) in [6.45, 7) is -1.05. The number of carbonyl (C=O) groups excluding carboxylic acids is 20. The van der Waals surface area contributed by atoms with Crippen molar-refractivity contribution >= 4 is 142 Å². The van der Waals surface area contributed by atoms with Crippen LogP contribution >= 0.6 is 0 Å². The minimum Gasteiger partial charge on any atom is -0.464 e. The van der Waals surface area contributed by atoms with Crippen LogP contribution in [0, 0.1) is 17.8 Å². The first-order valence-electron chi connectivity index (χ1n) is 40.9. The predicted molar refractivity (Wildman–Crippen MR) is 461 cm³/mol. The number of hydrogen-bond donors (Lipinski definition) is 2. The molecule has 0 aliphatic carbocycles. The average molecular weight is 1750 g/mol. The summed E-state index contributed by atoms with van der Waals surface area (Å²) in [5.74, 6) is -11.0. The number of rotatable bonds is 26. The maximum Gasteiger partial charge on any atom is 0.342 e. The molecule has 34 heteroatoms. The summed E-state index contributed by atoms with van der Waals surface area (Å²) in [7, 11) is 2.79. The molecule has 15 rings (SSSR count). The second-order valence-electron chi connectivity index (χ2n) is 30.1. The Labute approximate surface area is 738 Å². The summed E-state index contributed by atoms with van der Waals surface area (Å²) in [6, 6.07) is 70.7. The minimum atomic E-state index is -1.06. The van der Waals surface area contributed by atoms with Crippen LogP contribution < -0.4 is 30.2 Å². The van der Waals surface area contributed by atoms with Gasteiger partial charge < -0.3 is 9.47 Å². The Balaban J connectivity index is 0.000000169. The number of ether oxygens (including phenoxy) is 2. The molecular formula is C95H86N12O22. The van der Waals surface area contributed by atoms with Gasteiger partial charge in [-0.2, -0.15) is 0 Å². The standard InChI is InChI=1S/C38H38N4O10.C28H22N4O6.C16H12N2O3.C13H14N2O3/c43-31(51-20-18-41-35(47)29(33(45)39-37(41)49)23-25-8-3-1-4-9-25)16-14-27-12-7-13-28(22-27)15-17-32(44)52-21-19-42-36(48)30(34(46)40-38(42)50)24-26-10-5-2-6-11-26;33-23-15-25(35)31(21-10-3-1-4-11-21)27(37)29(23)17-19-8-7-9-20(14-19)18-30-24(34)16-26(36)32(28(30)38)22-12-5-2-6-13-22;19-14-11-15(20)18(13-9-5-2-6-10-13)16(21)17(14)12-7-3-1-4-8-12;1-14-11(16)10(12(17)15(2)13(14)18)8-9-6-4-3-5-7-9/h1-13,22,29-30H,14-21,23-24H2,(H,39,45,49)(H,40,46,50);1-14H,15-18H2;1-10H,11H2;3-7,10H,8H2,1-2H3. The van der Waals surface area contributed by atoms with Crippen LogP contribution in [0.25, 0.3) is 0 Å². The van der Waals surface area contributed by atoms with E-state index in [2.05, 4.69) is 10.6 Å². The lowest BCUT2D eigenvalue weighted by Crippen LogP contribution is -2.59. The predicted octanol–water partition coefficient (Wildman–Crippen LogP) is 9.44. The summed E-state index contributed by atoms with van der Waals surface area (Å²) in [6.07, 6.45) is 0.119. The zero-order valence-electron chi connectivity index (χ0n) is 69.8. The van der Waals surface area contributed by atoms with Crippen LogP contribution in [0.5, 0.6) is 0 Å². The average Bonchev–Trinajstić information content (AvgIpc) is 0.769. The van der Waals surface area contributed by atoms with Crippen molar-refractivity contribution < 1.29 is 105 Å². The summed E-state index contributed by atoms with van der Waals surface area (Å²) in [5.41, 5.74) is 6.89. The van der Waals surface area contributed by atoms with E-state index in [-0.39, 0.29) is 71.5 Å². The molecule has 34 nitrogen and oxygen atoms in total. The number of nitrogens with zero attached hydrogens (tertiary/aromatic N) is 10. The van der Waals surface area contributed by atoms with Crippen LogP contribution in [0.3, 0.4) is 0 Å². The molecule has 0 spiro atoms. The molecule has 6 aliphatic rings. The van der Waals surface area contributed by atoms with Crippen molar-refractivity contribution in [1.82, 2.24) is 40.0 Å². The molecule has 129 heavy (non-hydrogen) atoms. The van der Waals surface area contributed by atoms with Crippen molar-refractivity contribution in [3.05, 3.63) is 300 Å². The molecule has 2 unspecified atom stereocenters. The summed E-state index contributed by atoms with van der Waals surface area (Å²) >= 11 is 0. The van der Waals surface area contributed by atoms with Crippen LogP contribution in [-0.2, 0) is 122 Å². The molecular weight excluding hydrogens is 1660 g/mol. The first kappa shape index (κ1) is 91.8. The van der Waals surface area contributed by atoms with Gasteiger partial charge in [0.15, 0.2) is 0 Å². The van der Waals surface area contributed by atoms with Crippen molar-refractivity contribution in [2.45, 2.75) is 77.3 Å². The molecule has 2 atom stereocenters. The van der Waals surface area contributed by atoms with Crippen LogP contribution in [0.1, 0.15) is 71.0 Å². The van der Waals surface area contributed by atoms with Crippen molar-refractivity contribution in [2.24, 2.45) is 17.8 Å². The van der Waals surface area contributed by atoms with E-state index in [1.807, 2.05) is 60.7 Å². The zero-order chi connectivity index (χ0) is 92.0. The van der Waals surface area contributed by atoms with Gasteiger partial charge >= 0.3 is 48.1 Å². The Morgan fingerprint density at radius 3 is 0.891 bits per heavy atom. The second kappa shape index (κ2) is 42.8. The third kappa shape index (κ3) is 23.0. The van der Waals surface area contributed by atoms with Gasteiger partial charge in [0.05, 0.1) is 48.9 Å². The molecule has 2 N–H and O–H groups in total. The first-order valence-corrected chi connectivity index (χ1v) is 40.9. The molecule has 6 fully saturated rings. The molecule has 0 saturated carbocycles. The lowest BCUT2D eigenvalue weighted by atomic mass is 9.95. The monoisotopic (exact) mass is 1750 g/mol. The molecule has 24 amide bonds. The van der Waals surface area contributed by atoms with Gasteiger partial charge in [-0.25, -0.2) is 48.4 Å². The number of benzene rings is 9. The Bertz CT molecular complexity index is 5500. The molecule has 6 aliphatic heterocycles. The first-order chi connectivity index (χ1) is 62.1. The molecule has 9 aromatic rings. The Morgan fingerprint density at radius 1 is 0.295 bits per heavy atom. The number of para-hydroxylation sites is 4. The SMILES string of the molecule is CN1C(=O)C(Cc2ccccc2)C(=O)N(C)C1=O.O=C(CCc1cccc(CCC(=O)OCCN2C(=O)NC(=O)C(Cc3ccccc3)C2=O)c1)OCCN1C(=O)NC(=O)C(Cc2ccccc2)C1=O.O=C1CC(=O)N(c2ccccc2)C(=O)N1Cc1cccc(CN2C(=O)CC(=O)N(c3ccccc3)C2=O)c1.O=C1CC(=O)N(c2ccccc2)C(=O)N1c1ccccc1. The molecule has 9 aromatic carbocycles. The van der Waals surface area contributed by atoms with Gasteiger partial charge in [-0.05, 0) is 120 Å². The van der Waals surface area contributed by atoms with Crippen LogP contribution in [0.15, 0.2) is 261 Å². The molecule has 6 heterocycles. The van der Waals surface area contributed by atoms with Crippen molar-refractivity contribution in [3.63, 3.8) is 0 Å². The highest BCUT2D eigenvalue weighted by Gasteiger charge is 2.46. The van der Waals surface area contributed by atoms with Gasteiger partial charge in [-0.3, -0.25) is 107 Å². The van der Waals surface area contributed by atoms with E-state index in [9.17, 15) is 95.9 Å². The van der Waals surface area contributed by atoms with Crippen molar-refractivity contribution in [3.8, 4) is 0 Å². The van der Waals surface area contributed by atoms with Gasteiger partial charge in [0, 0.05) is 26.9 Å². The molecule has 0 aromatic heterocycles. The third-order valence-electron chi connectivity index (χ3n) is 21.2. The number of hydrogen-bond acceptors (Lipinski definition) is 22. The topological polar surface area (TPSA) is 416 Å². The normalized spacial score (nSPS) is 16.9. The number of barbiturate groups is 6. The Morgan fingerprint density at radius 2 is 0.566 bits per heavy atom. The van der Waals surface area contributed by atoms with E-state index < -0.39 is 150 Å². The fraction of sp³-hybridized carbons (Fsp3) is 0.221. The highest BCUT2D eigenvalue weighted by Crippen LogP contribution is 2.30. The maximum absolute atomic E-state index is 13.1. The van der Waals surface area contributed by atoms with E-state index in [0.717, 1.165) is 76.8 Å². The summed E-state index contributed by atoms with van der Waals surface area (Å²) in [4.78, 5) is 258. The van der Waals surface area contributed by atoms with Gasteiger partial charge in [-0.1, -0.05) is 212 Å². The van der Waals surface area contributed by atoms with E-state index in [1.54, 1.807) is 200 Å². The molecule has 6 saturated heterocycles. The second-order valence-corrected chi connectivity index (χ2v) is 30.1. The van der Waals surface area contributed by atoms with E-state index in [4.69, 9.17) is 9.47 Å². The fourth-order valence-electron chi connectivity index (χ4n) is 14.6. The van der Waals surface area contributed by atoms with Crippen LogP contribution in [0.2, 0.25) is 0 Å². The summed E-state index contributed by atoms with van der Waals surface area (Å²) < 4.78 is 10.5. The summed E-state index contributed by atoms with van der Waals surface area (Å²) in [5, 5.41) is 4.38. The van der Waals surface area contributed by atoms with Gasteiger partial charge in [0.25, 0.3) is 0 Å². The zero-order valence-corrected chi connectivity index (χ0v) is 69.8. The van der Waals surface area contributed by atoms with Crippen LogP contribution in [0.4, 0.5) is 51.5 Å². The number of anilines is 4. The number of aryl methyl sites for hydroxylation is 2. The highest BCUT2D eigenvalue weighted by atomic mass is 16.5. The molecule has 0 bridgehead atoms. The number of carbonyl (C=O) groups is 20. The van der Waals surface area contributed by atoms with Crippen LogP contribution in [-0.4, -0.2) is 189 Å². The van der Waals surface area contributed by atoms with E-state index in [1.165, 1.54) is 14.1 Å². The number of urea groups is 6. The number of esters is 2. The fourth-order valence-corrected chi connectivity index (χ4v) is 14.6. The van der Waals surface area contributed by atoms with Gasteiger partial charge in [0.1, 0.15) is 50.2 Å². The van der Waals surface area contributed by atoms with E-state index >= 15 is 0 Å². The number of amides is 24. The smallest absolute Gasteiger partial charge is 0.342 e. The van der Waals surface area contributed by atoms with Gasteiger partial charge in [-0.15, -0.1) is 0 Å². The largest absolute Gasteiger partial charge is 0.464 e. The van der Waals surface area contributed by atoms with E-state index in [0.29, 0.717) is 53.1 Å². The number of imide groups is 12. The minimum absolute atomic E-state index is 0.0291.